The number of hydrogen-bond acceptors (Lipinski definition) is 5. The number of nitrogens with zero attached hydrogens (tertiary/aromatic N) is 4. The van der Waals surface area contributed by atoms with Crippen molar-refractivity contribution in [1.29, 1.82) is 0 Å². The van der Waals surface area contributed by atoms with Gasteiger partial charge in [0.25, 0.3) is 5.91 Å². The van der Waals surface area contributed by atoms with Crippen LogP contribution in [-0.4, -0.2) is 65.4 Å². The molecule has 0 N–H and O–H groups in total. The molecule has 2 amide bonds. The Bertz CT molecular complexity index is 796. The van der Waals surface area contributed by atoms with Crippen molar-refractivity contribution in [2.45, 2.75) is 19.4 Å². The van der Waals surface area contributed by atoms with Gasteiger partial charge in [-0.15, -0.1) is 0 Å². The summed E-state index contributed by atoms with van der Waals surface area (Å²) >= 11 is 0. The lowest BCUT2D eigenvalue weighted by Gasteiger charge is -2.36. The number of oxazole rings is 1. The van der Waals surface area contributed by atoms with E-state index in [9.17, 15) is 9.59 Å². The van der Waals surface area contributed by atoms with Crippen molar-refractivity contribution in [1.82, 2.24) is 14.8 Å². The van der Waals surface area contributed by atoms with E-state index in [1.165, 1.54) is 6.39 Å². The van der Waals surface area contributed by atoms with Crippen molar-refractivity contribution in [2.75, 3.05) is 37.6 Å². The van der Waals surface area contributed by atoms with Crippen molar-refractivity contribution in [3.05, 3.63) is 48.2 Å². The predicted octanol–water partition coefficient (Wildman–Crippen LogP) is 1.55. The van der Waals surface area contributed by atoms with Gasteiger partial charge in [0, 0.05) is 38.4 Å². The van der Waals surface area contributed by atoms with Crippen LogP contribution in [0.4, 0.5) is 5.69 Å². The van der Waals surface area contributed by atoms with Gasteiger partial charge in [-0.1, -0.05) is 18.2 Å². The third-order valence-electron chi connectivity index (χ3n) is 5.23. The van der Waals surface area contributed by atoms with Crippen LogP contribution < -0.4 is 4.90 Å². The zero-order valence-corrected chi connectivity index (χ0v) is 14.8. The van der Waals surface area contributed by atoms with Crippen molar-refractivity contribution >= 4 is 17.5 Å². The second-order valence-electron chi connectivity index (χ2n) is 6.72. The van der Waals surface area contributed by atoms with Gasteiger partial charge in [0.1, 0.15) is 0 Å². The Morgan fingerprint density at radius 1 is 1.12 bits per heavy atom. The molecule has 4 rings (SSSR count). The highest BCUT2D eigenvalue weighted by molar-refractivity contribution is 5.99. The third kappa shape index (κ3) is 2.99. The first-order valence-electron chi connectivity index (χ1n) is 8.95. The number of carbonyl (C=O) groups excluding carboxylic acids is 2. The number of benzene rings is 1. The fourth-order valence-electron chi connectivity index (χ4n) is 3.76. The lowest BCUT2D eigenvalue weighted by molar-refractivity contribution is -0.122. The maximum Gasteiger partial charge on any atom is 0.291 e. The minimum atomic E-state index is -0.122. The summed E-state index contributed by atoms with van der Waals surface area (Å²) in [5, 5.41) is 0. The monoisotopic (exact) mass is 354 g/mol. The summed E-state index contributed by atoms with van der Waals surface area (Å²) < 4.78 is 5.21. The summed E-state index contributed by atoms with van der Waals surface area (Å²) in [7, 11) is 0. The summed E-state index contributed by atoms with van der Waals surface area (Å²) in [4.78, 5) is 35.2. The lowest BCUT2D eigenvalue weighted by atomic mass is 10.1. The number of anilines is 1. The zero-order chi connectivity index (χ0) is 18.1. The number of piperazine rings is 1. The fraction of sp³-hybridized carbons (Fsp3) is 0.421. The molecule has 2 aromatic rings. The van der Waals surface area contributed by atoms with E-state index < -0.39 is 0 Å². The second kappa shape index (κ2) is 6.92. The van der Waals surface area contributed by atoms with E-state index in [0.717, 1.165) is 18.7 Å². The fourth-order valence-corrected chi connectivity index (χ4v) is 3.76. The minimum Gasteiger partial charge on any atom is -0.438 e. The van der Waals surface area contributed by atoms with Crippen molar-refractivity contribution in [3.8, 4) is 0 Å². The number of carbonyl (C=O) groups is 2. The summed E-state index contributed by atoms with van der Waals surface area (Å²) in [6.07, 6.45) is 2.12. The van der Waals surface area contributed by atoms with Crippen LogP contribution in [0.1, 0.15) is 22.7 Å². The van der Waals surface area contributed by atoms with Gasteiger partial charge >= 0.3 is 0 Å². The summed E-state index contributed by atoms with van der Waals surface area (Å²) in [6, 6.07) is 9.69. The molecular formula is C19H22N4O3. The van der Waals surface area contributed by atoms with E-state index in [4.69, 9.17) is 4.42 Å². The van der Waals surface area contributed by atoms with Crippen molar-refractivity contribution in [2.24, 2.45) is 0 Å². The average Bonchev–Trinajstić information content (AvgIpc) is 3.28. The second-order valence-corrected chi connectivity index (χ2v) is 6.72. The van der Waals surface area contributed by atoms with Crippen molar-refractivity contribution in [3.63, 3.8) is 0 Å². The molecule has 0 aliphatic carbocycles. The van der Waals surface area contributed by atoms with Crippen LogP contribution in [0.25, 0.3) is 0 Å². The van der Waals surface area contributed by atoms with E-state index in [1.54, 1.807) is 11.8 Å². The molecule has 2 saturated heterocycles. The van der Waals surface area contributed by atoms with Gasteiger partial charge in [-0.3, -0.25) is 14.5 Å². The van der Waals surface area contributed by atoms with Gasteiger partial charge in [-0.25, -0.2) is 4.98 Å². The quantitative estimate of drug-likeness (QED) is 0.836. The largest absolute Gasteiger partial charge is 0.438 e. The molecule has 1 unspecified atom stereocenters. The summed E-state index contributed by atoms with van der Waals surface area (Å²) in [5.41, 5.74) is 1.57. The standard InChI is InChI=1S/C19H22N4O3/c1-14-17(26-13-20-14)19(25)22-11-9-21(10-12-22)16-7-8-23(18(16)24)15-5-3-2-4-6-15/h2-6,13,16H,7-12H2,1H3. The first-order chi connectivity index (χ1) is 12.6. The molecule has 3 heterocycles. The smallest absolute Gasteiger partial charge is 0.291 e. The highest BCUT2D eigenvalue weighted by Crippen LogP contribution is 2.25. The summed E-state index contributed by atoms with van der Waals surface area (Å²) in [6.45, 7) is 5.07. The number of aromatic nitrogens is 1. The van der Waals surface area contributed by atoms with Gasteiger partial charge in [0.05, 0.1) is 11.7 Å². The Morgan fingerprint density at radius 2 is 1.85 bits per heavy atom. The van der Waals surface area contributed by atoms with Crippen LogP contribution in [0.5, 0.6) is 0 Å². The Kier molecular flexibility index (Phi) is 4.46. The zero-order valence-electron chi connectivity index (χ0n) is 14.8. The van der Waals surface area contributed by atoms with Crippen molar-refractivity contribution < 1.29 is 14.0 Å². The molecule has 7 heteroatoms. The predicted molar refractivity (Wildman–Crippen MR) is 95.9 cm³/mol. The molecule has 0 bridgehead atoms. The van der Waals surface area contributed by atoms with Crippen LogP contribution in [0.2, 0.25) is 0 Å². The highest BCUT2D eigenvalue weighted by Gasteiger charge is 2.38. The van der Waals surface area contributed by atoms with E-state index in [-0.39, 0.29) is 17.9 Å². The normalized spacial score (nSPS) is 21.4. The van der Waals surface area contributed by atoms with Crippen LogP contribution in [-0.2, 0) is 4.79 Å². The molecule has 26 heavy (non-hydrogen) atoms. The number of para-hydroxylation sites is 1. The Balaban J connectivity index is 1.37. The molecule has 0 saturated carbocycles. The first kappa shape index (κ1) is 16.8. The van der Waals surface area contributed by atoms with Gasteiger partial charge < -0.3 is 14.2 Å². The molecule has 2 aliphatic heterocycles. The SMILES string of the molecule is Cc1ncoc1C(=O)N1CCN(C2CCN(c3ccccc3)C2=O)CC1. The summed E-state index contributed by atoms with van der Waals surface area (Å²) in [5.74, 6) is 0.344. The molecule has 0 radical (unpaired) electrons. The van der Waals surface area contributed by atoms with Gasteiger partial charge in [0.2, 0.25) is 11.7 Å². The molecule has 0 spiro atoms. The van der Waals surface area contributed by atoms with Gasteiger partial charge in [-0.2, -0.15) is 0 Å². The molecular weight excluding hydrogens is 332 g/mol. The molecule has 2 aliphatic rings. The number of amides is 2. The molecule has 1 aromatic carbocycles. The van der Waals surface area contributed by atoms with E-state index in [0.29, 0.717) is 37.6 Å². The molecule has 7 nitrogen and oxygen atoms in total. The first-order valence-corrected chi connectivity index (χ1v) is 8.95. The van der Waals surface area contributed by atoms with E-state index in [2.05, 4.69) is 9.88 Å². The van der Waals surface area contributed by atoms with Crippen LogP contribution in [0, 0.1) is 6.92 Å². The van der Waals surface area contributed by atoms with Crippen LogP contribution in [0.3, 0.4) is 0 Å². The minimum absolute atomic E-state index is 0.0977. The maximum atomic E-state index is 12.8. The van der Waals surface area contributed by atoms with E-state index in [1.807, 2.05) is 35.2 Å². The van der Waals surface area contributed by atoms with E-state index >= 15 is 0 Å². The number of rotatable bonds is 3. The van der Waals surface area contributed by atoms with Crippen LogP contribution >= 0.6 is 0 Å². The average molecular weight is 354 g/mol. The van der Waals surface area contributed by atoms with Gasteiger partial charge in [-0.05, 0) is 25.5 Å². The Hall–Kier alpha value is -2.67. The lowest BCUT2D eigenvalue weighted by Crippen LogP contribution is -2.53. The molecule has 1 aromatic heterocycles. The highest BCUT2D eigenvalue weighted by atomic mass is 16.3. The topological polar surface area (TPSA) is 69.9 Å². The molecule has 1 atom stereocenters. The molecule has 136 valence electrons. The Morgan fingerprint density at radius 3 is 2.50 bits per heavy atom. The third-order valence-corrected chi connectivity index (χ3v) is 5.23. The molecule has 2 fully saturated rings. The van der Waals surface area contributed by atoms with Gasteiger partial charge in [0.15, 0.2) is 6.39 Å². The maximum absolute atomic E-state index is 12.8. The Labute approximate surface area is 152 Å². The number of hydrogen-bond donors (Lipinski definition) is 0. The number of aryl methyl sites for hydroxylation is 1. The van der Waals surface area contributed by atoms with Crippen LogP contribution in [0.15, 0.2) is 41.1 Å².